The summed E-state index contributed by atoms with van der Waals surface area (Å²) in [4.78, 5) is 0. The van der Waals surface area contributed by atoms with E-state index in [0.29, 0.717) is 0 Å². The average molecular weight is 164 g/mol. The molecular weight excluding hydrogens is 152 g/mol. The van der Waals surface area contributed by atoms with Crippen molar-refractivity contribution in [2.75, 3.05) is 0 Å². The molecule has 1 heteroatoms. The van der Waals surface area contributed by atoms with Gasteiger partial charge in [0.1, 0.15) is 0 Å². The molecule has 1 aromatic heterocycles. The van der Waals surface area contributed by atoms with E-state index in [0.717, 1.165) is 5.92 Å². The van der Waals surface area contributed by atoms with Gasteiger partial charge in [0.2, 0.25) is 0 Å². The van der Waals surface area contributed by atoms with Crippen LogP contribution in [0.15, 0.2) is 11.4 Å². The molecule has 0 amide bonds. The van der Waals surface area contributed by atoms with Gasteiger partial charge in [-0.25, -0.2) is 0 Å². The second-order valence-corrected chi connectivity index (χ2v) is 4.27. The molecule has 11 heavy (non-hydrogen) atoms. The van der Waals surface area contributed by atoms with Crippen molar-refractivity contribution in [3.63, 3.8) is 0 Å². The summed E-state index contributed by atoms with van der Waals surface area (Å²) in [6.45, 7) is 4.53. The summed E-state index contributed by atoms with van der Waals surface area (Å²) in [5.41, 5.74) is 1.55. The molecule has 58 valence electrons. The fourth-order valence-electron chi connectivity index (χ4n) is 1.71. The van der Waals surface area contributed by atoms with Gasteiger partial charge in [-0.2, -0.15) is 0 Å². The van der Waals surface area contributed by atoms with Gasteiger partial charge in [-0.15, -0.1) is 11.3 Å². The fourth-order valence-corrected chi connectivity index (χ4v) is 2.74. The molecule has 1 atom stereocenters. The van der Waals surface area contributed by atoms with Crippen molar-refractivity contribution in [3.8, 4) is 0 Å². The Labute approximate surface area is 70.9 Å². The lowest BCUT2D eigenvalue weighted by atomic mass is 9.97. The molecule has 1 aliphatic rings. The normalized spacial score (nSPS) is 22.7. The lowest BCUT2D eigenvalue weighted by molar-refractivity contribution is 0.784. The minimum absolute atomic E-state index is 0.737. The van der Waals surface area contributed by atoms with Gasteiger partial charge in [0.25, 0.3) is 0 Å². The maximum atomic E-state index is 2.38. The van der Waals surface area contributed by atoms with Crippen LogP contribution in [-0.4, -0.2) is 0 Å². The predicted octanol–water partition coefficient (Wildman–Crippen LogP) is 1.74. The Kier molecular flexibility index (Phi) is 1.61. The summed E-state index contributed by atoms with van der Waals surface area (Å²) >= 11 is 1.86. The minimum Gasteiger partial charge on any atom is -0.144 e. The number of fused-ring (bicyclic) bond motifs is 1. The first kappa shape index (κ1) is 7.11. The molecule has 0 fully saturated rings. The van der Waals surface area contributed by atoms with Crippen LogP contribution in [0.25, 0.3) is 11.6 Å². The fraction of sp³-hybridized carbons (Fsp3) is 0.400. The Morgan fingerprint density at radius 1 is 1.55 bits per heavy atom. The maximum Gasteiger partial charge on any atom is 0.0305 e. The first-order valence-corrected chi connectivity index (χ1v) is 4.90. The van der Waals surface area contributed by atoms with Gasteiger partial charge in [0.05, 0.1) is 0 Å². The number of hydrogen-bond donors (Lipinski definition) is 0. The SMILES string of the molecule is CC1=c2ccsc2=CC(C)C1. The monoisotopic (exact) mass is 164 g/mol. The molecule has 0 aromatic carbocycles. The van der Waals surface area contributed by atoms with Crippen LogP contribution in [0.3, 0.4) is 0 Å². The van der Waals surface area contributed by atoms with Gasteiger partial charge >= 0.3 is 0 Å². The van der Waals surface area contributed by atoms with Gasteiger partial charge < -0.3 is 0 Å². The van der Waals surface area contributed by atoms with E-state index in [2.05, 4.69) is 31.4 Å². The van der Waals surface area contributed by atoms with Crippen LogP contribution in [0.4, 0.5) is 0 Å². The molecule has 2 rings (SSSR count). The quantitative estimate of drug-likeness (QED) is 0.548. The zero-order chi connectivity index (χ0) is 7.84. The molecule has 0 saturated carbocycles. The van der Waals surface area contributed by atoms with E-state index < -0.39 is 0 Å². The molecule has 0 N–H and O–H groups in total. The van der Waals surface area contributed by atoms with Crippen LogP contribution < -0.4 is 9.75 Å². The predicted molar refractivity (Wildman–Crippen MR) is 50.9 cm³/mol. The van der Waals surface area contributed by atoms with Gasteiger partial charge in [-0.05, 0) is 35.9 Å². The third-order valence-electron chi connectivity index (χ3n) is 2.22. The van der Waals surface area contributed by atoms with Crippen LogP contribution in [0.1, 0.15) is 20.3 Å². The van der Waals surface area contributed by atoms with E-state index in [1.807, 2.05) is 11.3 Å². The number of rotatable bonds is 0. The van der Waals surface area contributed by atoms with E-state index in [4.69, 9.17) is 0 Å². The zero-order valence-electron chi connectivity index (χ0n) is 6.92. The zero-order valence-corrected chi connectivity index (χ0v) is 7.74. The summed E-state index contributed by atoms with van der Waals surface area (Å²) in [6, 6.07) is 2.23. The maximum absolute atomic E-state index is 2.38. The van der Waals surface area contributed by atoms with Crippen molar-refractivity contribution in [3.05, 3.63) is 21.2 Å². The molecule has 1 heterocycles. The first-order chi connectivity index (χ1) is 5.27. The second-order valence-electron chi connectivity index (χ2n) is 3.33. The van der Waals surface area contributed by atoms with Crippen molar-refractivity contribution >= 4 is 23.0 Å². The highest BCUT2D eigenvalue weighted by Crippen LogP contribution is 2.14. The summed E-state index contributed by atoms with van der Waals surface area (Å²) in [6.07, 6.45) is 3.62. The van der Waals surface area contributed by atoms with E-state index >= 15 is 0 Å². The molecule has 1 unspecified atom stereocenters. The van der Waals surface area contributed by atoms with Gasteiger partial charge in [0, 0.05) is 4.53 Å². The van der Waals surface area contributed by atoms with Crippen LogP contribution in [0, 0.1) is 5.92 Å². The van der Waals surface area contributed by atoms with Crippen LogP contribution in [0.2, 0.25) is 0 Å². The van der Waals surface area contributed by atoms with Crippen molar-refractivity contribution in [2.24, 2.45) is 5.92 Å². The highest BCUT2D eigenvalue weighted by Gasteiger charge is 2.06. The number of hydrogen-bond acceptors (Lipinski definition) is 1. The van der Waals surface area contributed by atoms with Gasteiger partial charge in [0.15, 0.2) is 0 Å². The molecule has 0 aliphatic heterocycles. The lowest BCUT2D eigenvalue weighted by Crippen LogP contribution is -2.25. The Balaban J connectivity index is 2.80. The topological polar surface area (TPSA) is 0 Å². The third-order valence-corrected chi connectivity index (χ3v) is 3.10. The summed E-state index contributed by atoms with van der Waals surface area (Å²) in [7, 11) is 0. The molecule has 0 spiro atoms. The smallest absolute Gasteiger partial charge is 0.0305 e. The highest BCUT2D eigenvalue weighted by molar-refractivity contribution is 7.07. The van der Waals surface area contributed by atoms with Crippen LogP contribution >= 0.6 is 11.3 Å². The molecule has 1 aliphatic carbocycles. The Morgan fingerprint density at radius 3 is 3.18 bits per heavy atom. The summed E-state index contributed by atoms with van der Waals surface area (Å²) in [5, 5.41) is 3.66. The Bertz CT molecular complexity index is 370. The third kappa shape index (κ3) is 1.14. The minimum atomic E-state index is 0.737. The van der Waals surface area contributed by atoms with E-state index in [1.165, 1.54) is 16.2 Å². The Hall–Kier alpha value is -0.560. The summed E-state index contributed by atoms with van der Waals surface area (Å²) < 4.78 is 1.47. The molecule has 1 aromatic rings. The highest BCUT2D eigenvalue weighted by atomic mass is 32.1. The van der Waals surface area contributed by atoms with Gasteiger partial charge in [-0.1, -0.05) is 18.6 Å². The van der Waals surface area contributed by atoms with Crippen molar-refractivity contribution in [1.82, 2.24) is 0 Å². The standard InChI is InChI=1S/C10H12S/c1-7-5-8(2)9-3-4-11-10(9)6-7/h3-4,6-7H,5H2,1-2H3. The summed E-state index contributed by atoms with van der Waals surface area (Å²) in [5.74, 6) is 0.737. The number of thiophene rings is 1. The van der Waals surface area contributed by atoms with E-state index in [-0.39, 0.29) is 0 Å². The molecule has 0 saturated heterocycles. The first-order valence-electron chi connectivity index (χ1n) is 4.02. The van der Waals surface area contributed by atoms with Gasteiger partial charge in [-0.3, -0.25) is 0 Å². The van der Waals surface area contributed by atoms with Crippen molar-refractivity contribution < 1.29 is 0 Å². The van der Waals surface area contributed by atoms with E-state index in [9.17, 15) is 0 Å². The Morgan fingerprint density at radius 2 is 2.36 bits per heavy atom. The van der Waals surface area contributed by atoms with Crippen LogP contribution in [0.5, 0.6) is 0 Å². The second kappa shape index (κ2) is 2.49. The molecule has 0 bridgehead atoms. The van der Waals surface area contributed by atoms with Crippen LogP contribution in [-0.2, 0) is 0 Å². The molecular formula is C10H12S. The van der Waals surface area contributed by atoms with Crippen molar-refractivity contribution in [1.29, 1.82) is 0 Å². The van der Waals surface area contributed by atoms with Crippen molar-refractivity contribution in [2.45, 2.75) is 20.3 Å². The molecule has 0 radical (unpaired) electrons. The average Bonchev–Trinajstić information content (AvgIpc) is 2.34. The van der Waals surface area contributed by atoms with E-state index in [1.54, 1.807) is 5.57 Å². The molecule has 0 nitrogen and oxygen atoms in total. The lowest BCUT2D eigenvalue weighted by Gasteiger charge is -2.09. The largest absolute Gasteiger partial charge is 0.144 e.